The summed E-state index contributed by atoms with van der Waals surface area (Å²) in [5.74, 6) is 0.253. The lowest BCUT2D eigenvalue weighted by Crippen LogP contribution is -2.07. The van der Waals surface area contributed by atoms with E-state index in [4.69, 9.17) is 11.6 Å². The molecule has 5 heteroatoms. The molecule has 4 nitrogen and oxygen atoms in total. The van der Waals surface area contributed by atoms with Crippen LogP contribution in [0.25, 0.3) is 0 Å². The second kappa shape index (κ2) is 5.36. The normalized spacial score (nSPS) is 12.2. The molecule has 1 aromatic heterocycles. The number of hydrogen-bond acceptors (Lipinski definition) is 4. The monoisotopic (exact) mass is 278 g/mol. The molecule has 0 aliphatic heterocycles. The molecule has 0 saturated carbocycles. The van der Waals surface area contributed by atoms with Gasteiger partial charge in [-0.25, -0.2) is 4.98 Å². The van der Waals surface area contributed by atoms with Gasteiger partial charge in [-0.3, -0.25) is 0 Å². The third kappa shape index (κ3) is 3.09. The van der Waals surface area contributed by atoms with Crippen LogP contribution in [-0.4, -0.2) is 15.2 Å². The van der Waals surface area contributed by atoms with E-state index in [2.05, 4.69) is 10.3 Å². The predicted molar refractivity (Wildman–Crippen MR) is 75.8 cm³/mol. The Kier molecular flexibility index (Phi) is 3.81. The molecule has 1 atom stereocenters. The Morgan fingerprint density at radius 2 is 2.00 bits per heavy atom. The number of pyridine rings is 1. The van der Waals surface area contributed by atoms with Gasteiger partial charge < -0.3 is 15.5 Å². The van der Waals surface area contributed by atoms with Crippen molar-refractivity contribution >= 4 is 17.3 Å². The summed E-state index contributed by atoms with van der Waals surface area (Å²) < 4.78 is 0. The summed E-state index contributed by atoms with van der Waals surface area (Å²) in [6, 6.07) is 6.15. The quantitative estimate of drug-likeness (QED) is 0.592. The SMILES string of the molecule is Cc1cc(NC(C)c2cc(O)ccc2O)cnc1Cl. The molecular formula is C14H15ClN2O2. The third-order valence-corrected chi connectivity index (χ3v) is 3.27. The number of phenols is 2. The second-order valence-corrected chi connectivity index (χ2v) is 4.80. The molecule has 0 bridgehead atoms. The molecule has 3 N–H and O–H groups in total. The van der Waals surface area contributed by atoms with Crippen molar-refractivity contribution in [2.45, 2.75) is 19.9 Å². The zero-order valence-corrected chi connectivity index (χ0v) is 11.4. The maximum Gasteiger partial charge on any atom is 0.132 e. The second-order valence-electron chi connectivity index (χ2n) is 4.44. The third-order valence-electron chi connectivity index (χ3n) is 2.88. The fraction of sp³-hybridized carbons (Fsp3) is 0.214. The number of rotatable bonds is 3. The van der Waals surface area contributed by atoms with Gasteiger partial charge in [0.25, 0.3) is 0 Å². The number of phenolic OH excluding ortho intramolecular Hbond substituents is 2. The number of aromatic hydroxyl groups is 2. The number of aryl methyl sites for hydroxylation is 1. The Hall–Kier alpha value is -1.94. The highest BCUT2D eigenvalue weighted by atomic mass is 35.5. The summed E-state index contributed by atoms with van der Waals surface area (Å²) in [6.45, 7) is 3.76. The minimum Gasteiger partial charge on any atom is -0.508 e. The lowest BCUT2D eigenvalue weighted by Gasteiger charge is -2.17. The fourth-order valence-corrected chi connectivity index (χ4v) is 1.96. The van der Waals surface area contributed by atoms with Gasteiger partial charge in [-0.05, 0) is 43.7 Å². The summed E-state index contributed by atoms with van der Waals surface area (Å²) in [6.07, 6.45) is 1.63. The lowest BCUT2D eigenvalue weighted by molar-refractivity contribution is 0.451. The molecule has 0 fully saturated rings. The zero-order chi connectivity index (χ0) is 14.0. The fourth-order valence-electron chi connectivity index (χ4n) is 1.85. The van der Waals surface area contributed by atoms with Crippen LogP contribution in [0.1, 0.15) is 24.1 Å². The van der Waals surface area contributed by atoms with Gasteiger partial charge in [-0.1, -0.05) is 11.6 Å². The van der Waals surface area contributed by atoms with Crippen molar-refractivity contribution in [1.82, 2.24) is 4.98 Å². The average molecular weight is 279 g/mol. The van der Waals surface area contributed by atoms with Crippen molar-refractivity contribution in [3.63, 3.8) is 0 Å². The highest BCUT2D eigenvalue weighted by Gasteiger charge is 2.11. The van der Waals surface area contributed by atoms with Crippen LogP contribution < -0.4 is 5.32 Å². The average Bonchev–Trinajstić information content (AvgIpc) is 2.36. The Morgan fingerprint density at radius 1 is 1.26 bits per heavy atom. The van der Waals surface area contributed by atoms with Gasteiger partial charge in [0.15, 0.2) is 0 Å². The lowest BCUT2D eigenvalue weighted by atomic mass is 10.1. The molecule has 0 radical (unpaired) electrons. The maximum absolute atomic E-state index is 9.79. The van der Waals surface area contributed by atoms with Gasteiger partial charge in [0, 0.05) is 5.56 Å². The minimum absolute atomic E-state index is 0.117. The van der Waals surface area contributed by atoms with Gasteiger partial charge in [-0.2, -0.15) is 0 Å². The summed E-state index contributed by atoms with van der Waals surface area (Å²) in [5.41, 5.74) is 2.30. The zero-order valence-electron chi connectivity index (χ0n) is 10.7. The van der Waals surface area contributed by atoms with Crippen molar-refractivity contribution < 1.29 is 10.2 Å². The Morgan fingerprint density at radius 3 is 2.68 bits per heavy atom. The number of anilines is 1. The number of nitrogens with zero attached hydrogens (tertiary/aromatic N) is 1. The first-order valence-corrected chi connectivity index (χ1v) is 6.25. The molecule has 1 heterocycles. The Bertz CT molecular complexity index is 602. The number of halogens is 1. The van der Waals surface area contributed by atoms with E-state index in [0.717, 1.165) is 11.3 Å². The van der Waals surface area contributed by atoms with E-state index < -0.39 is 0 Å². The molecular weight excluding hydrogens is 264 g/mol. The predicted octanol–water partition coefficient (Wildman–Crippen LogP) is 3.63. The van der Waals surface area contributed by atoms with E-state index >= 15 is 0 Å². The molecule has 0 aliphatic rings. The first-order valence-electron chi connectivity index (χ1n) is 5.88. The van der Waals surface area contributed by atoms with Crippen LogP contribution in [0.4, 0.5) is 5.69 Å². The maximum atomic E-state index is 9.79. The van der Waals surface area contributed by atoms with Crippen molar-refractivity contribution in [2.24, 2.45) is 0 Å². The summed E-state index contributed by atoms with van der Waals surface area (Å²) in [4.78, 5) is 4.06. The van der Waals surface area contributed by atoms with E-state index in [0.29, 0.717) is 10.7 Å². The van der Waals surface area contributed by atoms with Gasteiger partial charge in [0.2, 0.25) is 0 Å². The van der Waals surface area contributed by atoms with Gasteiger partial charge in [-0.15, -0.1) is 0 Å². The molecule has 0 aliphatic carbocycles. The summed E-state index contributed by atoms with van der Waals surface area (Å²) in [7, 11) is 0. The first kappa shape index (κ1) is 13.5. The minimum atomic E-state index is -0.172. The Labute approximate surface area is 116 Å². The number of nitrogens with one attached hydrogen (secondary N) is 1. The Balaban J connectivity index is 2.22. The van der Waals surface area contributed by atoms with Crippen molar-refractivity contribution in [1.29, 1.82) is 0 Å². The van der Waals surface area contributed by atoms with Crippen LogP contribution in [0.15, 0.2) is 30.5 Å². The van der Waals surface area contributed by atoms with Gasteiger partial charge in [0.05, 0.1) is 17.9 Å². The molecule has 100 valence electrons. The topological polar surface area (TPSA) is 65.4 Å². The highest BCUT2D eigenvalue weighted by Crippen LogP contribution is 2.30. The van der Waals surface area contributed by atoms with Crippen molar-refractivity contribution in [2.75, 3.05) is 5.32 Å². The number of aromatic nitrogens is 1. The van der Waals surface area contributed by atoms with Gasteiger partial charge >= 0.3 is 0 Å². The molecule has 1 aromatic carbocycles. The van der Waals surface area contributed by atoms with Crippen LogP contribution in [0.2, 0.25) is 5.15 Å². The van der Waals surface area contributed by atoms with E-state index in [1.54, 1.807) is 6.20 Å². The summed E-state index contributed by atoms with van der Waals surface area (Å²) in [5, 5.41) is 22.9. The smallest absolute Gasteiger partial charge is 0.132 e. The van der Waals surface area contributed by atoms with Crippen molar-refractivity contribution in [3.8, 4) is 11.5 Å². The molecule has 0 spiro atoms. The molecule has 1 unspecified atom stereocenters. The van der Waals surface area contributed by atoms with E-state index in [1.165, 1.54) is 18.2 Å². The van der Waals surface area contributed by atoms with Crippen LogP contribution in [0.5, 0.6) is 11.5 Å². The van der Waals surface area contributed by atoms with Crippen LogP contribution in [0, 0.1) is 6.92 Å². The van der Waals surface area contributed by atoms with E-state index in [1.807, 2.05) is 19.9 Å². The molecule has 2 rings (SSSR count). The van der Waals surface area contributed by atoms with E-state index in [9.17, 15) is 10.2 Å². The first-order chi connectivity index (χ1) is 8.97. The van der Waals surface area contributed by atoms with Crippen LogP contribution in [-0.2, 0) is 0 Å². The van der Waals surface area contributed by atoms with E-state index in [-0.39, 0.29) is 17.5 Å². The highest BCUT2D eigenvalue weighted by molar-refractivity contribution is 6.30. The molecule has 0 amide bonds. The largest absolute Gasteiger partial charge is 0.508 e. The van der Waals surface area contributed by atoms with Crippen molar-refractivity contribution in [3.05, 3.63) is 46.7 Å². The number of benzene rings is 1. The molecule has 19 heavy (non-hydrogen) atoms. The van der Waals surface area contributed by atoms with Crippen LogP contribution in [0.3, 0.4) is 0 Å². The van der Waals surface area contributed by atoms with Gasteiger partial charge in [0.1, 0.15) is 16.7 Å². The summed E-state index contributed by atoms with van der Waals surface area (Å²) >= 11 is 5.87. The standard InChI is InChI=1S/C14H15ClN2O2/c1-8-5-10(7-16-14(8)15)17-9(2)12-6-11(18)3-4-13(12)19/h3-7,9,17-19H,1-2H3. The molecule has 0 saturated heterocycles. The molecule has 2 aromatic rings. The number of hydrogen-bond donors (Lipinski definition) is 3. The van der Waals surface area contributed by atoms with Crippen LogP contribution >= 0.6 is 11.6 Å².